The molecular weight excluding hydrogens is 232 g/mol. The van der Waals surface area contributed by atoms with Gasteiger partial charge >= 0.3 is 0 Å². The molecule has 0 aliphatic rings. The summed E-state index contributed by atoms with van der Waals surface area (Å²) >= 11 is 1.56. The zero-order chi connectivity index (χ0) is 12.8. The third-order valence-corrected chi connectivity index (χ3v) is 3.55. The van der Waals surface area contributed by atoms with Gasteiger partial charge < -0.3 is 11.1 Å². The molecule has 2 atom stereocenters. The number of hydrogen-bond donors (Lipinski definition) is 2. The maximum atomic E-state index is 11.6. The lowest BCUT2D eigenvalue weighted by atomic mass is 10.1. The Morgan fingerprint density at radius 3 is 2.41 bits per heavy atom. The summed E-state index contributed by atoms with van der Waals surface area (Å²) < 4.78 is 0. The van der Waals surface area contributed by atoms with Gasteiger partial charge in [-0.25, -0.2) is 0 Å². The van der Waals surface area contributed by atoms with Gasteiger partial charge in [0.25, 0.3) is 0 Å². The topological polar surface area (TPSA) is 55.1 Å². The summed E-state index contributed by atoms with van der Waals surface area (Å²) in [5.41, 5.74) is 6.89. The highest BCUT2D eigenvalue weighted by atomic mass is 32.2. The van der Waals surface area contributed by atoms with Crippen LogP contribution < -0.4 is 11.1 Å². The predicted octanol–water partition coefficient (Wildman–Crippen LogP) is 2.32. The molecule has 94 valence electrons. The van der Waals surface area contributed by atoms with Gasteiger partial charge in [0.1, 0.15) is 0 Å². The molecule has 0 radical (unpaired) electrons. The molecule has 4 heteroatoms. The largest absolute Gasteiger partial charge is 0.355 e. The lowest BCUT2D eigenvalue weighted by Crippen LogP contribution is -2.30. The highest BCUT2D eigenvalue weighted by Gasteiger charge is 2.13. The number of hydrogen-bond acceptors (Lipinski definition) is 3. The van der Waals surface area contributed by atoms with Gasteiger partial charge in [-0.2, -0.15) is 0 Å². The van der Waals surface area contributed by atoms with E-state index in [9.17, 15) is 4.79 Å². The molecule has 0 bridgehead atoms. The third-order valence-electron chi connectivity index (χ3n) is 2.44. The Kier molecular flexibility index (Phi) is 5.51. The van der Waals surface area contributed by atoms with Gasteiger partial charge in [-0.3, -0.25) is 4.79 Å². The average molecular weight is 252 g/mol. The van der Waals surface area contributed by atoms with Crippen LogP contribution in [0.15, 0.2) is 29.2 Å². The van der Waals surface area contributed by atoms with Crippen molar-refractivity contribution in [3.63, 3.8) is 0 Å². The van der Waals surface area contributed by atoms with Crippen LogP contribution in [0.1, 0.15) is 32.4 Å². The molecular formula is C13H20N2OS. The Hall–Kier alpha value is -1.00. The van der Waals surface area contributed by atoms with Crippen molar-refractivity contribution < 1.29 is 4.79 Å². The predicted molar refractivity (Wildman–Crippen MR) is 73.0 cm³/mol. The van der Waals surface area contributed by atoms with Gasteiger partial charge in [-0.15, -0.1) is 11.8 Å². The van der Waals surface area contributed by atoms with Crippen molar-refractivity contribution in [1.29, 1.82) is 0 Å². The molecule has 0 spiro atoms. The minimum absolute atomic E-state index is 0.0508. The maximum absolute atomic E-state index is 11.6. The fourth-order valence-corrected chi connectivity index (χ4v) is 2.32. The van der Waals surface area contributed by atoms with E-state index in [-0.39, 0.29) is 17.2 Å². The standard InChI is InChI=1S/C13H20N2OS/c1-4-15-13(16)10(3)17-12-7-5-11(6-8-12)9(2)14/h5-10H,4,14H2,1-3H3,(H,15,16). The molecule has 0 fully saturated rings. The van der Waals surface area contributed by atoms with Gasteiger partial charge in [0.05, 0.1) is 5.25 Å². The first-order valence-corrected chi connectivity index (χ1v) is 6.72. The number of carbonyl (C=O) groups is 1. The van der Waals surface area contributed by atoms with E-state index in [4.69, 9.17) is 5.73 Å². The number of benzene rings is 1. The number of carbonyl (C=O) groups excluding carboxylic acids is 1. The van der Waals surface area contributed by atoms with Crippen LogP contribution in [0.5, 0.6) is 0 Å². The van der Waals surface area contributed by atoms with Gasteiger partial charge in [0.15, 0.2) is 0 Å². The number of nitrogens with one attached hydrogen (secondary N) is 1. The smallest absolute Gasteiger partial charge is 0.233 e. The first-order valence-electron chi connectivity index (χ1n) is 5.84. The monoisotopic (exact) mass is 252 g/mol. The van der Waals surface area contributed by atoms with E-state index in [0.29, 0.717) is 6.54 Å². The molecule has 17 heavy (non-hydrogen) atoms. The summed E-state index contributed by atoms with van der Waals surface area (Å²) in [5.74, 6) is 0.0776. The molecule has 0 saturated heterocycles. The van der Waals surface area contributed by atoms with Crippen molar-refractivity contribution in [2.45, 2.75) is 37.0 Å². The van der Waals surface area contributed by atoms with Crippen LogP contribution in [0.25, 0.3) is 0 Å². The van der Waals surface area contributed by atoms with Crippen molar-refractivity contribution in [2.24, 2.45) is 5.73 Å². The highest BCUT2D eigenvalue weighted by molar-refractivity contribution is 8.00. The Labute approximate surface area is 107 Å². The van der Waals surface area contributed by atoms with Crippen molar-refractivity contribution in [2.75, 3.05) is 6.54 Å². The molecule has 0 aromatic heterocycles. The summed E-state index contributed by atoms with van der Waals surface area (Å²) in [6.07, 6.45) is 0. The lowest BCUT2D eigenvalue weighted by molar-refractivity contribution is -0.120. The Morgan fingerprint density at radius 2 is 1.94 bits per heavy atom. The minimum Gasteiger partial charge on any atom is -0.355 e. The fourth-order valence-electron chi connectivity index (χ4n) is 1.43. The van der Waals surface area contributed by atoms with Crippen LogP contribution >= 0.6 is 11.8 Å². The summed E-state index contributed by atoms with van der Waals surface area (Å²) in [5, 5.41) is 2.74. The van der Waals surface area contributed by atoms with E-state index < -0.39 is 0 Å². The summed E-state index contributed by atoms with van der Waals surface area (Å²) in [4.78, 5) is 12.7. The molecule has 1 amide bonds. The maximum Gasteiger partial charge on any atom is 0.233 e. The van der Waals surface area contributed by atoms with Gasteiger partial charge in [-0.1, -0.05) is 12.1 Å². The van der Waals surface area contributed by atoms with Crippen molar-refractivity contribution in [3.05, 3.63) is 29.8 Å². The van der Waals surface area contributed by atoms with Crippen LogP contribution in [0, 0.1) is 0 Å². The van der Waals surface area contributed by atoms with E-state index in [2.05, 4.69) is 5.32 Å². The highest BCUT2D eigenvalue weighted by Crippen LogP contribution is 2.24. The van der Waals surface area contributed by atoms with E-state index in [0.717, 1.165) is 10.5 Å². The van der Waals surface area contributed by atoms with Crippen LogP contribution in [0.2, 0.25) is 0 Å². The van der Waals surface area contributed by atoms with Crippen LogP contribution in [-0.2, 0) is 4.79 Å². The van der Waals surface area contributed by atoms with E-state index in [1.807, 2.05) is 45.0 Å². The lowest BCUT2D eigenvalue weighted by Gasteiger charge is -2.11. The molecule has 0 aliphatic carbocycles. The van der Waals surface area contributed by atoms with E-state index in [1.54, 1.807) is 11.8 Å². The molecule has 3 nitrogen and oxygen atoms in total. The second-order valence-electron chi connectivity index (χ2n) is 4.01. The van der Waals surface area contributed by atoms with Crippen molar-refractivity contribution in [3.8, 4) is 0 Å². The molecule has 0 aliphatic heterocycles. The molecule has 0 heterocycles. The normalized spacial score (nSPS) is 14.1. The SMILES string of the molecule is CCNC(=O)C(C)Sc1ccc(C(C)N)cc1. The Balaban J connectivity index is 2.60. The number of nitrogens with two attached hydrogens (primary N) is 1. The van der Waals surface area contributed by atoms with Gasteiger partial charge in [-0.05, 0) is 38.5 Å². The molecule has 1 aromatic carbocycles. The quantitative estimate of drug-likeness (QED) is 0.791. The summed E-state index contributed by atoms with van der Waals surface area (Å²) in [7, 11) is 0. The zero-order valence-electron chi connectivity index (χ0n) is 10.6. The fraction of sp³-hybridized carbons (Fsp3) is 0.462. The van der Waals surface area contributed by atoms with Crippen molar-refractivity contribution >= 4 is 17.7 Å². The Bertz CT molecular complexity index is 362. The first kappa shape index (κ1) is 14.1. The Morgan fingerprint density at radius 1 is 1.35 bits per heavy atom. The van der Waals surface area contributed by atoms with Crippen molar-refractivity contribution in [1.82, 2.24) is 5.32 Å². The van der Waals surface area contributed by atoms with E-state index in [1.165, 1.54) is 0 Å². The number of rotatable bonds is 5. The first-order chi connectivity index (χ1) is 8.04. The second kappa shape index (κ2) is 6.67. The molecule has 0 saturated carbocycles. The second-order valence-corrected chi connectivity index (χ2v) is 5.43. The molecule has 3 N–H and O–H groups in total. The molecule has 2 unspecified atom stereocenters. The van der Waals surface area contributed by atoms with Crippen LogP contribution in [0.3, 0.4) is 0 Å². The third kappa shape index (κ3) is 4.40. The summed E-state index contributed by atoms with van der Waals surface area (Å²) in [6.45, 7) is 6.47. The molecule has 1 rings (SSSR count). The van der Waals surface area contributed by atoms with Gasteiger partial charge in [0.2, 0.25) is 5.91 Å². The van der Waals surface area contributed by atoms with Crippen LogP contribution in [-0.4, -0.2) is 17.7 Å². The zero-order valence-corrected chi connectivity index (χ0v) is 11.4. The number of amides is 1. The van der Waals surface area contributed by atoms with E-state index >= 15 is 0 Å². The number of thioether (sulfide) groups is 1. The minimum atomic E-state index is -0.0731. The average Bonchev–Trinajstić information content (AvgIpc) is 2.30. The summed E-state index contributed by atoms with van der Waals surface area (Å²) in [6, 6.07) is 8.10. The van der Waals surface area contributed by atoms with Gasteiger partial charge in [0, 0.05) is 17.5 Å². The molecule has 1 aromatic rings. The van der Waals surface area contributed by atoms with Crippen LogP contribution in [0.4, 0.5) is 0 Å².